The molecule has 1 atom stereocenters. The van der Waals surface area contributed by atoms with E-state index >= 15 is 0 Å². The van der Waals surface area contributed by atoms with Crippen molar-refractivity contribution in [2.45, 2.75) is 67.3 Å². The highest BCUT2D eigenvalue weighted by Crippen LogP contribution is 2.41. The lowest BCUT2D eigenvalue weighted by Crippen LogP contribution is -2.46. The normalized spacial score (nSPS) is 20.7. The Labute approximate surface area is 249 Å². The third-order valence-corrected chi connectivity index (χ3v) is 11.0. The topological polar surface area (TPSA) is 159 Å². The molecule has 2 N–H and O–H groups in total. The number of amides is 1. The average Bonchev–Trinajstić information content (AvgIpc) is 3.39. The summed E-state index contributed by atoms with van der Waals surface area (Å²) in [6.07, 6.45) is 2.62. The van der Waals surface area contributed by atoms with Crippen molar-refractivity contribution in [1.82, 2.24) is 39.7 Å². The van der Waals surface area contributed by atoms with Crippen LogP contribution in [0.15, 0.2) is 29.4 Å². The lowest BCUT2D eigenvalue weighted by atomic mass is 9.90. The molecule has 3 fully saturated rings. The monoisotopic (exact) mass is 627 g/mol. The number of sulfonamides is 1. The van der Waals surface area contributed by atoms with Crippen LogP contribution in [0.25, 0.3) is 27.1 Å². The molecule has 0 radical (unpaired) electrons. The quantitative estimate of drug-likeness (QED) is 0.314. The van der Waals surface area contributed by atoms with E-state index in [4.69, 9.17) is 0 Å². The smallest absolute Gasteiger partial charge is 0.291 e. The highest BCUT2D eigenvalue weighted by Gasteiger charge is 2.47. The van der Waals surface area contributed by atoms with Gasteiger partial charge in [-0.15, -0.1) is 10.2 Å². The molecule has 12 nitrogen and oxygen atoms in total. The van der Waals surface area contributed by atoms with E-state index in [1.54, 1.807) is 10.6 Å². The fourth-order valence-corrected chi connectivity index (χ4v) is 8.19. The van der Waals surface area contributed by atoms with Crippen molar-refractivity contribution in [2.24, 2.45) is 0 Å². The molecule has 0 spiro atoms. The highest BCUT2D eigenvalue weighted by atomic mass is 32.2. The van der Waals surface area contributed by atoms with Gasteiger partial charge in [0.1, 0.15) is 11.9 Å². The van der Waals surface area contributed by atoms with Crippen LogP contribution in [-0.2, 0) is 14.8 Å². The van der Waals surface area contributed by atoms with Crippen LogP contribution < -0.4 is 10.0 Å². The molecular weight excluding hydrogens is 600 g/mol. The number of fused-ring (bicyclic) bond motifs is 3. The lowest BCUT2D eigenvalue weighted by Gasteiger charge is -2.33. The van der Waals surface area contributed by atoms with Crippen molar-refractivity contribution in [3.63, 3.8) is 0 Å². The molecule has 3 aliphatic rings. The molecule has 4 aromatic rings. The van der Waals surface area contributed by atoms with Gasteiger partial charge in [-0.1, -0.05) is 17.4 Å². The predicted octanol–water partition coefficient (Wildman–Crippen LogP) is 3.16. The minimum absolute atomic E-state index is 0.00777. The molecule has 3 aromatic heterocycles. The molecule has 7 rings (SSSR count). The average molecular weight is 628 g/mol. The van der Waals surface area contributed by atoms with Crippen molar-refractivity contribution in [2.75, 3.05) is 19.6 Å². The van der Waals surface area contributed by atoms with E-state index in [2.05, 4.69) is 30.2 Å². The zero-order valence-electron chi connectivity index (χ0n) is 22.8. The first-order chi connectivity index (χ1) is 20.7. The molecule has 1 aromatic carbocycles. The Hall–Kier alpha value is -3.65. The van der Waals surface area contributed by atoms with Crippen molar-refractivity contribution >= 4 is 49.2 Å². The van der Waals surface area contributed by atoms with Crippen LogP contribution in [0, 0.1) is 11.3 Å². The number of alkyl halides is 2. The molecule has 1 saturated carbocycles. The summed E-state index contributed by atoms with van der Waals surface area (Å²) in [7, 11) is -4.07. The van der Waals surface area contributed by atoms with E-state index in [9.17, 15) is 27.3 Å². The first-order valence-corrected chi connectivity index (χ1v) is 16.4. The van der Waals surface area contributed by atoms with Gasteiger partial charge in [-0.25, -0.2) is 27.2 Å². The van der Waals surface area contributed by atoms with E-state index in [0.717, 1.165) is 25.1 Å². The summed E-state index contributed by atoms with van der Waals surface area (Å²) >= 11 is 0.694. The molecule has 0 bridgehead atoms. The molecule has 2 saturated heterocycles. The van der Waals surface area contributed by atoms with E-state index in [1.807, 2.05) is 11.0 Å². The minimum atomic E-state index is -4.07. The predicted molar refractivity (Wildman–Crippen MR) is 152 cm³/mol. The maximum atomic E-state index is 13.5. The molecule has 224 valence electrons. The molecule has 1 aliphatic carbocycles. The van der Waals surface area contributed by atoms with Gasteiger partial charge < -0.3 is 10.2 Å². The second-order valence-corrected chi connectivity index (χ2v) is 13.9. The van der Waals surface area contributed by atoms with Crippen molar-refractivity contribution < 1.29 is 22.0 Å². The second kappa shape index (κ2) is 10.5. The van der Waals surface area contributed by atoms with Crippen LogP contribution in [0.2, 0.25) is 0 Å². The Kier molecular flexibility index (Phi) is 6.88. The van der Waals surface area contributed by atoms with Gasteiger partial charge in [0.2, 0.25) is 21.1 Å². The number of hydrogen-bond acceptors (Lipinski definition) is 10. The number of nitrogens with zero attached hydrogens (tertiary/aromatic N) is 7. The fourth-order valence-electron chi connectivity index (χ4n) is 6.08. The summed E-state index contributed by atoms with van der Waals surface area (Å²) in [6, 6.07) is 6.45. The maximum Gasteiger partial charge on any atom is 0.291 e. The van der Waals surface area contributed by atoms with Gasteiger partial charge in [-0.3, -0.25) is 9.36 Å². The van der Waals surface area contributed by atoms with Crippen molar-refractivity contribution in [1.29, 1.82) is 5.26 Å². The van der Waals surface area contributed by atoms with Crippen LogP contribution in [0.1, 0.15) is 61.6 Å². The standard InChI is InChI=1S/C27H27F2N9O3S2/c28-22(29)24-34-35-26(42-24)38-19-12-16(43(40,41)36-27(13-30)7-8-27)3-4-17(19)20-21(32-14-33-23(20)38)15-5-10-37(11-6-15)25(39)18-2-1-9-31-18/h3-4,12,14-15,18,22,31,36H,1-2,5-11H2. The van der Waals surface area contributed by atoms with Gasteiger partial charge in [0.25, 0.3) is 6.43 Å². The Morgan fingerprint density at radius 3 is 2.63 bits per heavy atom. The maximum absolute atomic E-state index is 13.5. The molecule has 1 unspecified atom stereocenters. The van der Waals surface area contributed by atoms with E-state index < -0.39 is 27.0 Å². The largest absolute Gasteiger partial charge is 0.341 e. The van der Waals surface area contributed by atoms with Crippen LogP contribution in [0.3, 0.4) is 0 Å². The van der Waals surface area contributed by atoms with E-state index in [0.29, 0.717) is 72.0 Å². The zero-order chi connectivity index (χ0) is 29.9. The number of halogens is 2. The van der Waals surface area contributed by atoms with Gasteiger partial charge in [-0.2, -0.15) is 9.98 Å². The number of carbonyl (C=O) groups excluding carboxylic acids is 1. The molecule has 1 amide bonds. The lowest BCUT2D eigenvalue weighted by molar-refractivity contribution is -0.134. The number of carbonyl (C=O) groups is 1. The Balaban J connectivity index is 1.31. The first-order valence-electron chi connectivity index (χ1n) is 14.1. The second-order valence-electron chi connectivity index (χ2n) is 11.2. The summed E-state index contributed by atoms with van der Waals surface area (Å²) in [5, 5.41) is 21.3. The number of hydrogen-bond donors (Lipinski definition) is 2. The minimum Gasteiger partial charge on any atom is -0.341 e. The number of benzene rings is 1. The van der Waals surface area contributed by atoms with Crippen LogP contribution >= 0.6 is 11.3 Å². The zero-order valence-corrected chi connectivity index (χ0v) is 24.5. The van der Waals surface area contributed by atoms with Crippen LogP contribution in [0.4, 0.5) is 8.78 Å². The van der Waals surface area contributed by atoms with Gasteiger partial charge >= 0.3 is 0 Å². The summed E-state index contributed by atoms with van der Waals surface area (Å²) in [6.45, 7) is 2.00. The SMILES string of the molecule is N#CC1(NS(=O)(=O)c2ccc3c4c(C5CCN(C(=O)C6CCCN6)CC5)ncnc4n(-c4nnc(C(F)F)s4)c3c2)CC1. The number of likely N-dealkylation sites (tertiary alicyclic amines) is 1. The molecule has 5 heterocycles. The molecule has 2 aliphatic heterocycles. The summed E-state index contributed by atoms with van der Waals surface area (Å²) in [5.74, 6) is 0.116. The Morgan fingerprint density at radius 2 is 1.98 bits per heavy atom. The molecule has 16 heteroatoms. The highest BCUT2D eigenvalue weighted by molar-refractivity contribution is 7.89. The van der Waals surface area contributed by atoms with Gasteiger partial charge in [0.05, 0.1) is 28.2 Å². The number of aromatic nitrogens is 5. The summed E-state index contributed by atoms with van der Waals surface area (Å²) < 4.78 is 57.6. The van der Waals surface area contributed by atoms with Gasteiger partial charge in [-0.05, 0) is 57.2 Å². The van der Waals surface area contributed by atoms with Crippen LogP contribution in [-0.4, -0.2) is 75.2 Å². The van der Waals surface area contributed by atoms with E-state index in [1.165, 1.54) is 18.5 Å². The summed E-state index contributed by atoms with van der Waals surface area (Å²) in [5.41, 5.74) is 0.407. The third-order valence-electron chi connectivity index (χ3n) is 8.51. The third kappa shape index (κ3) is 4.93. The molecule has 43 heavy (non-hydrogen) atoms. The molecular formula is C27H27F2N9O3S2. The van der Waals surface area contributed by atoms with Crippen molar-refractivity contribution in [3.05, 3.63) is 35.2 Å². The number of rotatable bonds is 7. The Bertz CT molecular complexity index is 1880. The first kappa shape index (κ1) is 28.1. The van der Waals surface area contributed by atoms with Gasteiger partial charge in [0, 0.05) is 29.8 Å². The van der Waals surface area contributed by atoms with Crippen LogP contribution in [0.5, 0.6) is 0 Å². The number of nitrogens with one attached hydrogen (secondary N) is 2. The number of nitriles is 1. The number of piperidine rings is 1. The summed E-state index contributed by atoms with van der Waals surface area (Å²) in [4.78, 5) is 23.9. The Morgan fingerprint density at radius 1 is 1.19 bits per heavy atom. The fraction of sp³-hybridized carbons (Fsp3) is 0.481. The van der Waals surface area contributed by atoms with Gasteiger partial charge in [0.15, 0.2) is 10.7 Å². The van der Waals surface area contributed by atoms with Crippen molar-refractivity contribution in [3.8, 4) is 11.2 Å². The van der Waals surface area contributed by atoms with E-state index in [-0.39, 0.29) is 27.9 Å².